The van der Waals surface area contributed by atoms with E-state index >= 15 is 0 Å². The average Bonchev–Trinajstić information content (AvgIpc) is 2.89. The normalized spacial score (nSPS) is 16.4. The SMILES string of the molecule is CCc1ccc(/C=N/N2C(=O)/C(=C\c3ccc(F)cc3)SC2=S)cc1. The van der Waals surface area contributed by atoms with Gasteiger partial charge in [-0.2, -0.15) is 10.1 Å². The topological polar surface area (TPSA) is 32.7 Å². The predicted molar refractivity (Wildman–Crippen MR) is 105 cm³/mol. The molecule has 1 aliphatic rings. The van der Waals surface area contributed by atoms with Gasteiger partial charge in [-0.25, -0.2) is 4.39 Å². The number of hydrogen-bond donors (Lipinski definition) is 0. The Morgan fingerprint density at radius 3 is 2.40 bits per heavy atom. The van der Waals surface area contributed by atoms with Gasteiger partial charge in [-0.05, 0) is 53.5 Å². The maximum atomic E-state index is 13.0. The lowest BCUT2D eigenvalue weighted by Crippen LogP contribution is -2.22. The third-order valence-corrected chi connectivity index (χ3v) is 4.93. The summed E-state index contributed by atoms with van der Waals surface area (Å²) in [4.78, 5) is 12.9. The summed E-state index contributed by atoms with van der Waals surface area (Å²) < 4.78 is 13.3. The first-order chi connectivity index (χ1) is 12.1. The highest BCUT2D eigenvalue weighted by Crippen LogP contribution is 2.32. The molecule has 6 heteroatoms. The molecular formula is C19H15FN2OS2. The van der Waals surface area contributed by atoms with Crippen LogP contribution in [0.2, 0.25) is 0 Å². The molecule has 2 aromatic carbocycles. The molecule has 0 saturated carbocycles. The van der Waals surface area contributed by atoms with Gasteiger partial charge in [0.25, 0.3) is 5.91 Å². The Balaban J connectivity index is 1.76. The van der Waals surface area contributed by atoms with Crippen LogP contribution in [-0.4, -0.2) is 21.5 Å². The van der Waals surface area contributed by atoms with Crippen LogP contribution in [0.15, 0.2) is 58.5 Å². The van der Waals surface area contributed by atoms with E-state index < -0.39 is 0 Å². The first-order valence-electron chi connectivity index (χ1n) is 7.73. The molecule has 1 heterocycles. The second-order valence-electron chi connectivity index (χ2n) is 5.38. The van der Waals surface area contributed by atoms with Crippen molar-refractivity contribution in [2.75, 3.05) is 0 Å². The second kappa shape index (κ2) is 7.72. The molecule has 2 aromatic rings. The minimum Gasteiger partial charge on any atom is -0.266 e. The fourth-order valence-corrected chi connectivity index (χ4v) is 3.41. The van der Waals surface area contributed by atoms with Gasteiger partial charge in [0, 0.05) is 0 Å². The highest BCUT2D eigenvalue weighted by molar-refractivity contribution is 8.26. The minimum atomic E-state index is -0.316. The summed E-state index contributed by atoms with van der Waals surface area (Å²) >= 11 is 6.42. The lowest BCUT2D eigenvalue weighted by Gasteiger charge is -2.06. The lowest BCUT2D eigenvalue weighted by molar-refractivity contribution is -0.122. The zero-order valence-corrected chi connectivity index (χ0v) is 15.1. The van der Waals surface area contributed by atoms with Crippen LogP contribution in [0.4, 0.5) is 4.39 Å². The molecule has 1 amide bonds. The van der Waals surface area contributed by atoms with Crippen LogP contribution in [0, 0.1) is 5.82 Å². The quantitative estimate of drug-likeness (QED) is 0.447. The van der Waals surface area contributed by atoms with Gasteiger partial charge in [-0.3, -0.25) is 4.79 Å². The average molecular weight is 370 g/mol. The highest BCUT2D eigenvalue weighted by Gasteiger charge is 2.31. The predicted octanol–water partition coefficient (Wildman–Crippen LogP) is 4.62. The maximum absolute atomic E-state index is 13.0. The molecule has 25 heavy (non-hydrogen) atoms. The number of hydrogen-bond acceptors (Lipinski definition) is 4. The van der Waals surface area contributed by atoms with E-state index in [1.807, 2.05) is 24.3 Å². The van der Waals surface area contributed by atoms with E-state index in [2.05, 4.69) is 12.0 Å². The van der Waals surface area contributed by atoms with Crippen molar-refractivity contribution in [2.45, 2.75) is 13.3 Å². The van der Waals surface area contributed by atoms with E-state index in [-0.39, 0.29) is 11.7 Å². The molecule has 0 unspecified atom stereocenters. The Kier molecular flexibility index (Phi) is 5.40. The van der Waals surface area contributed by atoms with Gasteiger partial charge < -0.3 is 0 Å². The summed E-state index contributed by atoms with van der Waals surface area (Å²) in [5.41, 5.74) is 2.87. The molecular weight excluding hydrogens is 355 g/mol. The van der Waals surface area contributed by atoms with Crippen molar-refractivity contribution < 1.29 is 9.18 Å². The molecule has 0 spiro atoms. The molecule has 126 valence electrons. The molecule has 1 saturated heterocycles. The van der Waals surface area contributed by atoms with Gasteiger partial charge in [0.2, 0.25) is 0 Å². The number of thiocarbonyl (C=S) groups is 1. The third kappa shape index (κ3) is 4.21. The molecule has 1 fully saturated rings. The van der Waals surface area contributed by atoms with Crippen molar-refractivity contribution in [3.05, 3.63) is 75.9 Å². The van der Waals surface area contributed by atoms with Crippen LogP contribution >= 0.6 is 24.0 Å². The number of aryl methyl sites for hydroxylation is 1. The van der Waals surface area contributed by atoms with Crippen LogP contribution in [0.3, 0.4) is 0 Å². The maximum Gasteiger partial charge on any atom is 0.286 e. The van der Waals surface area contributed by atoms with Gasteiger partial charge in [0.1, 0.15) is 5.82 Å². The van der Waals surface area contributed by atoms with E-state index in [4.69, 9.17) is 12.2 Å². The monoisotopic (exact) mass is 370 g/mol. The molecule has 1 aliphatic heterocycles. The molecule has 0 atom stereocenters. The summed E-state index contributed by atoms with van der Waals surface area (Å²) in [6.45, 7) is 2.09. The Labute approximate surface area is 155 Å². The fourth-order valence-electron chi connectivity index (χ4n) is 2.23. The van der Waals surface area contributed by atoms with Gasteiger partial charge >= 0.3 is 0 Å². The minimum absolute atomic E-state index is 0.277. The summed E-state index contributed by atoms with van der Waals surface area (Å²) in [6.07, 6.45) is 4.27. The molecule has 3 nitrogen and oxygen atoms in total. The van der Waals surface area contributed by atoms with Gasteiger partial charge in [-0.15, -0.1) is 0 Å². The summed E-state index contributed by atoms with van der Waals surface area (Å²) in [5, 5.41) is 5.42. The lowest BCUT2D eigenvalue weighted by atomic mass is 10.1. The number of amides is 1. The molecule has 0 aromatic heterocycles. The Bertz CT molecular complexity index is 858. The number of hydrazone groups is 1. The largest absolute Gasteiger partial charge is 0.286 e. The molecule has 0 radical (unpaired) electrons. The van der Waals surface area contributed by atoms with Crippen LogP contribution in [0.1, 0.15) is 23.6 Å². The van der Waals surface area contributed by atoms with E-state index in [1.54, 1.807) is 24.4 Å². The molecule has 0 aliphatic carbocycles. The fraction of sp³-hybridized carbons (Fsp3) is 0.105. The standard InChI is InChI=1S/C19H15FN2OS2/c1-2-13-3-5-15(6-4-13)12-21-22-18(23)17(25-19(22)24)11-14-7-9-16(20)10-8-14/h3-12H,2H2,1H3/b17-11+,21-12+. The van der Waals surface area contributed by atoms with E-state index in [9.17, 15) is 9.18 Å². The van der Waals surface area contributed by atoms with Gasteiger partial charge in [-0.1, -0.05) is 55.1 Å². The number of carbonyl (C=O) groups is 1. The first kappa shape index (κ1) is 17.5. The van der Waals surface area contributed by atoms with Crippen molar-refractivity contribution in [1.82, 2.24) is 5.01 Å². The van der Waals surface area contributed by atoms with Crippen molar-refractivity contribution in [1.29, 1.82) is 0 Å². The van der Waals surface area contributed by atoms with Crippen LogP contribution < -0.4 is 0 Å². The number of carbonyl (C=O) groups excluding carboxylic acids is 1. The van der Waals surface area contributed by atoms with Crippen molar-refractivity contribution in [3.8, 4) is 0 Å². The number of nitrogens with zero attached hydrogens (tertiary/aromatic N) is 2. The highest BCUT2D eigenvalue weighted by atomic mass is 32.2. The van der Waals surface area contributed by atoms with Crippen LogP contribution in [0.5, 0.6) is 0 Å². The van der Waals surface area contributed by atoms with E-state index in [0.29, 0.717) is 9.23 Å². The van der Waals surface area contributed by atoms with Crippen molar-refractivity contribution in [2.24, 2.45) is 5.10 Å². The number of rotatable bonds is 4. The van der Waals surface area contributed by atoms with E-state index in [0.717, 1.165) is 17.5 Å². The zero-order valence-electron chi connectivity index (χ0n) is 13.5. The smallest absolute Gasteiger partial charge is 0.266 e. The third-order valence-electron chi connectivity index (χ3n) is 3.65. The summed E-state index contributed by atoms with van der Waals surface area (Å²) in [5.74, 6) is -0.593. The molecule has 0 N–H and O–H groups in total. The Hall–Kier alpha value is -2.31. The van der Waals surface area contributed by atoms with Crippen molar-refractivity contribution >= 4 is 46.5 Å². The van der Waals surface area contributed by atoms with Crippen molar-refractivity contribution in [3.63, 3.8) is 0 Å². The zero-order chi connectivity index (χ0) is 17.8. The second-order valence-corrected chi connectivity index (χ2v) is 7.06. The van der Waals surface area contributed by atoms with Crippen LogP contribution in [-0.2, 0) is 11.2 Å². The molecule has 3 rings (SSSR count). The van der Waals surface area contributed by atoms with Crippen LogP contribution in [0.25, 0.3) is 6.08 Å². The first-order valence-corrected chi connectivity index (χ1v) is 8.96. The Morgan fingerprint density at radius 2 is 1.76 bits per heavy atom. The number of halogens is 1. The summed E-state index contributed by atoms with van der Waals surface area (Å²) in [7, 11) is 0. The summed E-state index contributed by atoms with van der Waals surface area (Å²) in [6, 6.07) is 13.9. The van der Waals surface area contributed by atoms with E-state index in [1.165, 1.54) is 34.5 Å². The van der Waals surface area contributed by atoms with Gasteiger partial charge in [0.15, 0.2) is 4.32 Å². The Morgan fingerprint density at radius 1 is 1.12 bits per heavy atom. The van der Waals surface area contributed by atoms with Gasteiger partial charge in [0.05, 0.1) is 11.1 Å². The molecule has 0 bridgehead atoms. The number of benzene rings is 2. The number of thioether (sulfide) groups is 1.